The van der Waals surface area contributed by atoms with Gasteiger partial charge in [-0.15, -0.1) is 0 Å². The van der Waals surface area contributed by atoms with Crippen LogP contribution in [0.1, 0.15) is 26.0 Å². The van der Waals surface area contributed by atoms with Gasteiger partial charge in [-0.2, -0.15) is 0 Å². The van der Waals surface area contributed by atoms with E-state index in [-0.39, 0.29) is 11.4 Å². The summed E-state index contributed by atoms with van der Waals surface area (Å²) in [7, 11) is 0. The number of carbonyl (C=O) groups excluding carboxylic acids is 1. The lowest BCUT2D eigenvalue weighted by atomic mass is 9.91. The summed E-state index contributed by atoms with van der Waals surface area (Å²) >= 11 is 0. The summed E-state index contributed by atoms with van der Waals surface area (Å²) in [6.45, 7) is 3.79. The number of esters is 1. The van der Waals surface area contributed by atoms with Gasteiger partial charge in [-0.05, 0) is 26.0 Å². The van der Waals surface area contributed by atoms with Gasteiger partial charge in [-0.25, -0.2) is 0 Å². The minimum atomic E-state index is -0.377. The molecule has 0 spiro atoms. The molecule has 2 heterocycles. The summed E-state index contributed by atoms with van der Waals surface area (Å²) in [5.41, 5.74) is 0.587. The van der Waals surface area contributed by atoms with Crippen LogP contribution in [0.3, 0.4) is 0 Å². The number of ether oxygens (including phenoxy) is 1. The molecule has 0 unspecified atom stereocenters. The number of H-pyrrole nitrogens is 1. The van der Waals surface area contributed by atoms with Crippen molar-refractivity contribution in [3.05, 3.63) is 29.8 Å². The van der Waals surface area contributed by atoms with Gasteiger partial charge in [-0.1, -0.05) is 0 Å². The van der Waals surface area contributed by atoms with Crippen LogP contribution in [0.2, 0.25) is 0 Å². The largest absolute Gasteiger partial charge is 0.431 e. The molecule has 0 radical (unpaired) electrons. The number of rotatable bonds is 1. The van der Waals surface area contributed by atoms with E-state index in [4.69, 9.17) is 4.74 Å². The molecule has 1 saturated heterocycles. The summed E-state index contributed by atoms with van der Waals surface area (Å²) in [6.07, 6.45) is 4.38. The predicted octanol–water partition coefficient (Wildman–Crippen LogP) is 2.33. The van der Waals surface area contributed by atoms with Crippen molar-refractivity contribution in [3.8, 4) is 0 Å². The van der Waals surface area contributed by atoms with Gasteiger partial charge in [0.25, 0.3) is 0 Å². The molecule has 3 nitrogen and oxygen atoms in total. The second-order valence-electron chi connectivity index (χ2n) is 4.19. The van der Waals surface area contributed by atoms with E-state index >= 15 is 0 Å². The third kappa shape index (κ3) is 1.58. The Morgan fingerprint density at radius 3 is 2.86 bits per heavy atom. The van der Waals surface area contributed by atoms with Crippen molar-refractivity contribution in [1.82, 2.24) is 4.98 Å². The minimum Gasteiger partial charge on any atom is -0.431 e. The molecule has 1 aliphatic rings. The summed E-state index contributed by atoms with van der Waals surface area (Å²) in [5, 5.41) is 0. The molecule has 0 atom stereocenters. The van der Waals surface area contributed by atoms with E-state index < -0.39 is 0 Å². The van der Waals surface area contributed by atoms with Gasteiger partial charge >= 0.3 is 5.97 Å². The zero-order valence-corrected chi connectivity index (χ0v) is 8.33. The Hall–Kier alpha value is -1.51. The molecular formula is C11H13NO2. The Morgan fingerprint density at radius 1 is 1.57 bits per heavy atom. The van der Waals surface area contributed by atoms with Gasteiger partial charge in [0, 0.05) is 24.4 Å². The number of nitrogens with one attached hydrogen (secondary N) is 1. The number of aromatic nitrogens is 1. The van der Waals surface area contributed by atoms with Crippen molar-refractivity contribution in [2.45, 2.75) is 20.3 Å². The van der Waals surface area contributed by atoms with Gasteiger partial charge < -0.3 is 9.72 Å². The highest BCUT2D eigenvalue weighted by atomic mass is 16.5. The van der Waals surface area contributed by atoms with E-state index in [1.54, 1.807) is 0 Å². The second kappa shape index (κ2) is 3.01. The number of cyclic esters (lactones) is 1. The molecule has 0 aliphatic carbocycles. The normalized spacial score (nSPS) is 22.7. The van der Waals surface area contributed by atoms with Gasteiger partial charge in [0.1, 0.15) is 5.76 Å². The Kier molecular flexibility index (Phi) is 1.95. The average Bonchev–Trinajstić information content (AvgIpc) is 2.62. The first kappa shape index (κ1) is 9.06. The zero-order valence-electron chi connectivity index (χ0n) is 8.33. The molecule has 0 amide bonds. The van der Waals surface area contributed by atoms with Crippen molar-refractivity contribution in [1.29, 1.82) is 0 Å². The maximum Gasteiger partial charge on any atom is 0.317 e. The van der Waals surface area contributed by atoms with Crippen LogP contribution >= 0.6 is 0 Å². The quantitative estimate of drug-likeness (QED) is 0.692. The molecule has 1 aromatic heterocycles. The first-order chi connectivity index (χ1) is 6.58. The average molecular weight is 191 g/mol. The third-order valence-corrected chi connectivity index (χ3v) is 2.33. The van der Waals surface area contributed by atoms with Crippen LogP contribution in [0, 0.1) is 5.41 Å². The highest BCUT2D eigenvalue weighted by Gasteiger charge is 2.38. The third-order valence-electron chi connectivity index (χ3n) is 2.33. The maximum atomic E-state index is 11.4. The number of allylic oxidation sites excluding steroid dienone is 1. The van der Waals surface area contributed by atoms with E-state index in [1.165, 1.54) is 0 Å². The van der Waals surface area contributed by atoms with Crippen LogP contribution in [0.15, 0.2) is 24.1 Å². The van der Waals surface area contributed by atoms with Crippen LogP contribution < -0.4 is 0 Å². The number of hydrogen-bond acceptors (Lipinski definition) is 2. The second-order valence-corrected chi connectivity index (χ2v) is 4.19. The van der Waals surface area contributed by atoms with E-state index in [9.17, 15) is 4.79 Å². The lowest BCUT2D eigenvalue weighted by Crippen LogP contribution is -2.16. The van der Waals surface area contributed by atoms with Crippen molar-refractivity contribution in [3.63, 3.8) is 0 Å². The standard InChI is InChI=1S/C11H13NO2/c1-11(2)7-9(14-10(11)13)6-8-4-3-5-12-8/h3-6,12H,7H2,1-2H3/b9-6+. The fraction of sp³-hybridized carbons (Fsp3) is 0.364. The van der Waals surface area contributed by atoms with Crippen molar-refractivity contribution < 1.29 is 9.53 Å². The molecule has 0 saturated carbocycles. The Morgan fingerprint density at radius 2 is 2.36 bits per heavy atom. The fourth-order valence-corrected chi connectivity index (χ4v) is 1.49. The number of carbonyl (C=O) groups is 1. The highest BCUT2D eigenvalue weighted by Crippen LogP contribution is 2.35. The molecule has 3 heteroatoms. The Bertz CT molecular complexity index is 374. The smallest absolute Gasteiger partial charge is 0.317 e. The van der Waals surface area contributed by atoms with Gasteiger partial charge in [-0.3, -0.25) is 4.79 Å². The van der Waals surface area contributed by atoms with Crippen molar-refractivity contribution in [2.24, 2.45) is 5.41 Å². The summed E-state index contributed by atoms with van der Waals surface area (Å²) in [5.74, 6) is 0.595. The summed E-state index contributed by atoms with van der Waals surface area (Å²) < 4.78 is 5.15. The van der Waals surface area contributed by atoms with E-state index in [1.807, 2.05) is 38.3 Å². The van der Waals surface area contributed by atoms with Crippen LogP contribution in [0.25, 0.3) is 6.08 Å². The maximum absolute atomic E-state index is 11.4. The molecule has 1 fully saturated rings. The molecule has 0 aromatic carbocycles. The Balaban J connectivity index is 2.20. The monoisotopic (exact) mass is 191 g/mol. The fourth-order valence-electron chi connectivity index (χ4n) is 1.49. The molecular weight excluding hydrogens is 178 g/mol. The lowest BCUT2D eigenvalue weighted by Gasteiger charge is -2.07. The summed E-state index contributed by atoms with van der Waals surface area (Å²) in [6, 6.07) is 3.85. The first-order valence-corrected chi connectivity index (χ1v) is 4.64. The van der Waals surface area contributed by atoms with E-state index in [0.717, 1.165) is 11.5 Å². The molecule has 0 bridgehead atoms. The molecule has 1 N–H and O–H groups in total. The molecule has 2 rings (SSSR count). The molecule has 1 aliphatic heterocycles. The topological polar surface area (TPSA) is 42.1 Å². The van der Waals surface area contributed by atoms with Crippen LogP contribution in [0.5, 0.6) is 0 Å². The predicted molar refractivity (Wildman–Crippen MR) is 53.3 cm³/mol. The van der Waals surface area contributed by atoms with Gasteiger partial charge in [0.05, 0.1) is 5.41 Å². The lowest BCUT2D eigenvalue weighted by molar-refractivity contribution is -0.142. The molecule has 1 aromatic rings. The number of hydrogen-bond donors (Lipinski definition) is 1. The Labute approximate surface area is 82.8 Å². The van der Waals surface area contributed by atoms with E-state index in [2.05, 4.69) is 4.98 Å². The van der Waals surface area contributed by atoms with Crippen LogP contribution in [0.4, 0.5) is 0 Å². The van der Waals surface area contributed by atoms with Crippen molar-refractivity contribution in [2.75, 3.05) is 0 Å². The van der Waals surface area contributed by atoms with Gasteiger partial charge in [0.15, 0.2) is 0 Å². The van der Waals surface area contributed by atoms with Crippen LogP contribution in [-0.4, -0.2) is 11.0 Å². The molecule has 74 valence electrons. The van der Waals surface area contributed by atoms with Gasteiger partial charge in [0.2, 0.25) is 0 Å². The minimum absolute atomic E-state index is 0.143. The molecule has 14 heavy (non-hydrogen) atoms. The number of aromatic amines is 1. The summed E-state index contributed by atoms with van der Waals surface area (Å²) in [4.78, 5) is 14.4. The van der Waals surface area contributed by atoms with Crippen molar-refractivity contribution >= 4 is 12.0 Å². The SMILES string of the molecule is CC1(C)C/C(=C\c2ccc[nH]2)OC1=O. The van der Waals surface area contributed by atoms with E-state index in [0.29, 0.717) is 6.42 Å². The highest BCUT2D eigenvalue weighted by molar-refractivity contribution is 5.81. The zero-order chi connectivity index (χ0) is 10.2. The first-order valence-electron chi connectivity index (χ1n) is 4.64. The van der Waals surface area contributed by atoms with Crippen LogP contribution in [-0.2, 0) is 9.53 Å².